The molecule has 0 fully saturated rings. The summed E-state index contributed by atoms with van der Waals surface area (Å²) in [5.74, 6) is -1.56. The maximum atomic E-state index is 12.0. The van der Waals surface area contributed by atoms with Crippen LogP contribution in [0.5, 0.6) is 0 Å². The summed E-state index contributed by atoms with van der Waals surface area (Å²) >= 11 is 0. The topological polar surface area (TPSA) is 113 Å². The Morgan fingerprint density at radius 1 is 1.30 bits per heavy atom. The Morgan fingerprint density at radius 3 is 2.30 bits per heavy atom. The van der Waals surface area contributed by atoms with Crippen molar-refractivity contribution in [3.63, 3.8) is 0 Å². The van der Waals surface area contributed by atoms with E-state index in [0.29, 0.717) is 13.0 Å². The maximum absolute atomic E-state index is 12.0. The molecule has 20 heavy (non-hydrogen) atoms. The summed E-state index contributed by atoms with van der Waals surface area (Å²) in [5.41, 5.74) is 5.10. The van der Waals surface area contributed by atoms with Crippen LogP contribution in [-0.4, -0.2) is 47.0 Å². The van der Waals surface area contributed by atoms with Crippen LogP contribution in [0.1, 0.15) is 40.0 Å². The summed E-state index contributed by atoms with van der Waals surface area (Å²) in [7, 11) is 0. The molecule has 0 spiro atoms. The van der Waals surface area contributed by atoms with Gasteiger partial charge >= 0.3 is 12.0 Å². The van der Waals surface area contributed by atoms with E-state index in [0.717, 1.165) is 12.8 Å². The summed E-state index contributed by atoms with van der Waals surface area (Å²) < 4.78 is 0. The Kier molecular flexibility index (Phi) is 8.35. The van der Waals surface area contributed by atoms with Gasteiger partial charge in [0.25, 0.3) is 0 Å². The zero-order valence-corrected chi connectivity index (χ0v) is 12.4. The number of unbranched alkanes of at least 4 members (excludes halogenated alkanes) is 1. The second-order valence-electron chi connectivity index (χ2n) is 5.21. The number of aliphatic carboxylic acids is 1. The first-order valence-corrected chi connectivity index (χ1v) is 6.84. The standard InChI is InChI=1S/C13H25N3O4/c1-4-5-6-16(8-11(14)17)13(20)15-10(12(18)19)7-9(2)3/h9-10H,4-8H2,1-3H3,(H2,14,17)(H,15,20)(H,18,19). The SMILES string of the molecule is CCCCN(CC(N)=O)C(=O)NC(CC(C)C)C(=O)O. The minimum atomic E-state index is -1.08. The van der Waals surface area contributed by atoms with Gasteiger partial charge in [-0.25, -0.2) is 9.59 Å². The molecule has 116 valence electrons. The molecule has 0 aromatic carbocycles. The molecule has 7 heteroatoms. The average molecular weight is 287 g/mol. The van der Waals surface area contributed by atoms with E-state index in [9.17, 15) is 14.4 Å². The van der Waals surface area contributed by atoms with Gasteiger partial charge in [-0.3, -0.25) is 4.79 Å². The van der Waals surface area contributed by atoms with Crippen LogP contribution < -0.4 is 11.1 Å². The summed E-state index contributed by atoms with van der Waals surface area (Å²) in [4.78, 5) is 35.3. The number of primary amides is 1. The Hall–Kier alpha value is -1.79. The number of carbonyl (C=O) groups excluding carboxylic acids is 2. The molecule has 0 heterocycles. The highest BCUT2D eigenvalue weighted by atomic mass is 16.4. The molecule has 0 saturated carbocycles. The molecule has 7 nitrogen and oxygen atoms in total. The summed E-state index contributed by atoms with van der Waals surface area (Å²) in [5, 5.41) is 11.5. The minimum absolute atomic E-state index is 0.136. The molecule has 0 saturated heterocycles. The van der Waals surface area contributed by atoms with Gasteiger partial charge in [-0.2, -0.15) is 0 Å². The molecular formula is C13H25N3O4. The lowest BCUT2D eigenvalue weighted by atomic mass is 10.0. The predicted molar refractivity (Wildman–Crippen MR) is 75.1 cm³/mol. The molecule has 0 bridgehead atoms. The van der Waals surface area contributed by atoms with Crippen LogP contribution >= 0.6 is 0 Å². The van der Waals surface area contributed by atoms with Gasteiger partial charge in [0.05, 0.1) is 0 Å². The molecule has 0 rings (SSSR count). The van der Waals surface area contributed by atoms with Crippen molar-refractivity contribution < 1.29 is 19.5 Å². The first-order valence-electron chi connectivity index (χ1n) is 6.84. The molecule has 0 radical (unpaired) electrons. The van der Waals surface area contributed by atoms with Crippen LogP contribution in [-0.2, 0) is 9.59 Å². The highest BCUT2D eigenvalue weighted by Gasteiger charge is 2.24. The van der Waals surface area contributed by atoms with Gasteiger partial charge in [0.2, 0.25) is 5.91 Å². The van der Waals surface area contributed by atoms with Gasteiger partial charge in [0, 0.05) is 6.54 Å². The van der Waals surface area contributed by atoms with Crippen molar-refractivity contribution >= 4 is 17.9 Å². The summed E-state index contributed by atoms with van der Waals surface area (Å²) in [6.45, 7) is 5.87. The van der Waals surface area contributed by atoms with Crippen molar-refractivity contribution in [1.82, 2.24) is 10.2 Å². The van der Waals surface area contributed by atoms with E-state index in [1.54, 1.807) is 0 Å². The molecular weight excluding hydrogens is 262 g/mol. The molecule has 0 aromatic rings. The van der Waals surface area contributed by atoms with E-state index < -0.39 is 23.9 Å². The van der Waals surface area contributed by atoms with Gasteiger partial charge in [-0.1, -0.05) is 27.2 Å². The van der Waals surface area contributed by atoms with Crippen molar-refractivity contribution in [2.75, 3.05) is 13.1 Å². The fraction of sp³-hybridized carbons (Fsp3) is 0.769. The van der Waals surface area contributed by atoms with E-state index in [-0.39, 0.29) is 12.5 Å². The molecule has 0 aliphatic rings. The molecule has 4 N–H and O–H groups in total. The summed E-state index contributed by atoms with van der Waals surface area (Å²) in [6.07, 6.45) is 1.92. The largest absolute Gasteiger partial charge is 0.480 e. The van der Waals surface area contributed by atoms with Gasteiger partial charge in [0.1, 0.15) is 12.6 Å². The van der Waals surface area contributed by atoms with E-state index in [1.165, 1.54) is 4.90 Å². The van der Waals surface area contributed by atoms with E-state index >= 15 is 0 Å². The average Bonchev–Trinajstić information content (AvgIpc) is 2.32. The number of nitrogens with one attached hydrogen (secondary N) is 1. The highest BCUT2D eigenvalue weighted by molar-refractivity contribution is 5.86. The highest BCUT2D eigenvalue weighted by Crippen LogP contribution is 2.06. The van der Waals surface area contributed by atoms with Crippen molar-refractivity contribution in [3.05, 3.63) is 0 Å². The second kappa shape index (κ2) is 9.17. The van der Waals surface area contributed by atoms with Crippen molar-refractivity contribution in [3.8, 4) is 0 Å². The maximum Gasteiger partial charge on any atom is 0.326 e. The molecule has 1 atom stereocenters. The number of carboxylic acid groups (broad SMARTS) is 1. The Bertz CT molecular complexity index is 345. The van der Waals surface area contributed by atoms with Crippen LogP contribution in [0.25, 0.3) is 0 Å². The second-order valence-corrected chi connectivity index (χ2v) is 5.21. The van der Waals surface area contributed by atoms with E-state index in [4.69, 9.17) is 10.8 Å². The zero-order valence-electron chi connectivity index (χ0n) is 12.4. The Morgan fingerprint density at radius 2 is 1.90 bits per heavy atom. The molecule has 0 aliphatic heterocycles. The fourth-order valence-corrected chi connectivity index (χ4v) is 1.72. The van der Waals surface area contributed by atoms with Gasteiger partial charge in [0.15, 0.2) is 0 Å². The number of carbonyl (C=O) groups is 3. The lowest BCUT2D eigenvalue weighted by molar-refractivity contribution is -0.139. The molecule has 3 amide bonds. The predicted octanol–water partition coefficient (Wildman–Crippen LogP) is 0.783. The van der Waals surface area contributed by atoms with E-state index in [1.807, 2.05) is 20.8 Å². The number of nitrogens with two attached hydrogens (primary N) is 1. The first-order chi connectivity index (χ1) is 9.27. The number of hydrogen-bond acceptors (Lipinski definition) is 3. The van der Waals surface area contributed by atoms with Crippen LogP contribution in [0.3, 0.4) is 0 Å². The number of rotatable bonds is 9. The third kappa shape index (κ3) is 7.60. The van der Waals surface area contributed by atoms with Crippen molar-refractivity contribution in [2.45, 2.75) is 46.1 Å². The Balaban J connectivity index is 4.68. The lowest BCUT2D eigenvalue weighted by Gasteiger charge is -2.24. The van der Waals surface area contributed by atoms with Crippen molar-refractivity contribution in [2.24, 2.45) is 11.7 Å². The van der Waals surface area contributed by atoms with Crippen LogP contribution in [0, 0.1) is 5.92 Å². The molecule has 0 aromatic heterocycles. The molecule has 1 unspecified atom stereocenters. The summed E-state index contributed by atoms with van der Waals surface area (Å²) in [6, 6.07) is -1.52. The van der Waals surface area contributed by atoms with Gasteiger partial charge in [-0.05, 0) is 18.8 Å². The number of nitrogens with zero attached hydrogens (tertiary/aromatic N) is 1. The number of urea groups is 1. The first kappa shape index (κ1) is 18.2. The zero-order chi connectivity index (χ0) is 15.7. The van der Waals surface area contributed by atoms with Crippen LogP contribution in [0.4, 0.5) is 4.79 Å². The smallest absolute Gasteiger partial charge is 0.326 e. The monoisotopic (exact) mass is 287 g/mol. The number of amides is 3. The third-order valence-electron chi connectivity index (χ3n) is 2.72. The van der Waals surface area contributed by atoms with Crippen LogP contribution in [0.15, 0.2) is 0 Å². The van der Waals surface area contributed by atoms with Gasteiger partial charge < -0.3 is 21.1 Å². The number of hydrogen-bond donors (Lipinski definition) is 3. The Labute approximate surface area is 119 Å². The fourth-order valence-electron chi connectivity index (χ4n) is 1.72. The minimum Gasteiger partial charge on any atom is -0.480 e. The van der Waals surface area contributed by atoms with Gasteiger partial charge in [-0.15, -0.1) is 0 Å². The van der Waals surface area contributed by atoms with E-state index in [2.05, 4.69) is 5.32 Å². The number of carboxylic acids is 1. The molecule has 0 aliphatic carbocycles. The third-order valence-corrected chi connectivity index (χ3v) is 2.72. The van der Waals surface area contributed by atoms with Crippen LogP contribution in [0.2, 0.25) is 0 Å². The normalized spacial score (nSPS) is 12.0. The van der Waals surface area contributed by atoms with Crippen molar-refractivity contribution in [1.29, 1.82) is 0 Å². The lowest BCUT2D eigenvalue weighted by Crippen LogP contribution is -2.50. The quantitative estimate of drug-likeness (QED) is 0.581.